The molecule has 4 nitrogen and oxygen atoms in total. The van der Waals surface area contributed by atoms with E-state index >= 15 is 0 Å². The number of fused-ring (bicyclic) bond motifs is 1. The van der Waals surface area contributed by atoms with Crippen molar-refractivity contribution in [1.82, 2.24) is 0 Å². The number of phenols is 2. The minimum atomic E-state index is -1.39. The summed E-state index contributed by atoms with van der Waals surface area (Å²) in [5, 5.41) is 38.2. The van der Waals surface area contributed by atoms with Gasteiger partial charge in [0.2, 0.25) is 0 Å². The first-order chi connectivity index (χ1) is 12.0. The average Bonchev–Trinajstić information content (AvgIpc) is 3.20. The van der Waals surface area contributed by atoms with Gasteiger partial charge in [-0.25, -0.2) is 0 Å². The van der Waals surface area contributed by atoms with Crippen molar-refractivity contribution >= 4 is 17.2 Å². The zero-order chi connectivity index (χ0) is 17.6. The average molecular weight is 334 g/mol. The fraction of sp³-hybridized carbons (Fsp3) is 0.143. The number of aliphatic hydroxyl groups is 2. The normalized spacial score (nSPS) is 18.4. The molecule has 0 saturated heterocycles. The van der Waals surface area contributed by atoms with E-state index in [4.69, 9.17) is 0 Å². The molecule has 0 spiro atoms. The smallest absolute Gasteiger partial charge is 0.161 e. The lowest BCUT2D eigenvalue weighted by molar-refractivity contribution is -0.0490. The second-order valence-electron chi connectivity index (χ2n) is 6.41. The van der Waals surface area contributed by atoms with Crippen LogP contribution in [0.15, 0.2) is 54.6 Å². The van der Waals surface area contributed by atoms with Crippen LogP contribution in [0.25, 0.3) is 17.2 Å². The standard InChI is InChI=1S/C21H18O4/c22-17-9-16(10-18(23)11-17)14-2-1-12(7-14)13-3-5-19-15(8-13)4-6-20(19)21(24)25/h1,3-11,20-25H,2H2. The van der Waals surface area contributed by atoms with Gasteiger partial charge in [-0.1, -0.05) is 36.4 Å². The summed E-state index contributed by atoms with van der Waals surface area (Å²) in [6, 6.07) is 10.5. The van der Waals surface area contributed by atoms with Crippen molar-refractivity contribution in [3.05, 3.63) is 76.9 Å². The maximum Gasteiger partial charge on any atom is 0.161 e. The molecule has 0 aliphatic heterocycles. The summed E-state index contributed by atoms with van der Waals surface area (Å²) in [4.78, 5) is 0. The Morgan fingerprint density at radius 1 is 0.920 bits per heavy atom. The van der Waals surface area contributed by atoms with Crippen molar-refractivity contribution in [2.75, 3.05) is 0 Å². The summed E-state index contributed by atoms with van der Waals surface area (Å²) in [6.07, 6.45) is 7.21. The highest BCUT2D eigenvalue weighted by atomic mass is 16.5. The molecule has 0 saturated carbocycles. The van der Waals surface area contributed by atoms with Crippen LogP contribution in [0, 0.1) is 0 Å². The molecular formula is C21H18O4. The van der Waals surface area contributed by atoms with Crippen LogP contribution in [-0.4, -0.2) is 26.7 Å². The van der Waals surface area contributed by atoms with Crippen LogP contribution in [0.5, 0.6) is 11.5 Å². The number of hydrogen-bond acceptors (Lipinski definition) is 4. The molecule has 4 N–H and O–H groups in total. The molecule has 0 fully saturated rings. The highest BCUT2D eigenvalue weighted by molar-refractivity contribution is 5.90. The van der Waals surface area contributed by atoms with Crippen LogP contribution in [-0.2, 0) is 0 Å². The van der Waals surface area contributed by atoms with E-state index in [-0.39, 0.29) is 17.4 Å². The summed E-state index contributed by atoms with van der Waals surface area (Å²) in [6.45, 7) is 0. The van der Waals surface area contributed by atoms with Gasteiger partial charge in [0, 0.05) is 6.07 Å². The number of benzene rings is 2. The third-order valence-electron chi connectivity index (χ3n) is 4.73. The van der Waals surface area contributed by atoms with Crippen LogP contribution in [0.4, 0.5) is 0 Å². The van der Waals surface area contributed by atoms with Gasteiger partial charge in [-0.2, -0.15) is 0 Å². The SMILES string of the molecule is Oc1cc(O)cc(C2=CC(c3ccc4c(c3)C=CC4C(O)O)=CC2)c1. The van der Waals surface area contributed by atoms with E-state index in [1.807, 2.05) is 30.4 Å². The Bertz CT molecular complexity index is 915. The Hall–Kier alpha value is -2.82. The van der Waals surface area contributed by atoms with Crippen LogP contribution >= 0.6 is 0 Å². The van der Waals surface area contributed by atoms with Crippen LogP contribution < -0.4 is 0 Å². The summed E-state index contributed by atoms with van der Waals surface area (Å²) >= 11 is 0. The van der Waals surface area contributed by atoms with E-state index in [1.165, 1.54) is 6.07 Å². The van der Waals surface area contributed by atoms with Crippen LogP contribution in [0.1, 0.15) is 34.6 Å². The van der Waals surface area contributed by atoms with E-state index in [1.54, 1.807) is 18.2 Å². The topological polar surface area (TPSA) is 80.9 Å². The van der Waals surface area contributed by atoms with E-state index in [2.05, 4.69) is 6.08 Å². The first-order valence-electron chi connectivity index (χ1n) is 8.14. The Morgan fingerprint density at radius 2 is 1.68 bits per heavy atom. The highest BCUT2D eigenvalue weighted by Crippen LogP contribution is 2.38. The second kappa shape index (κ2) is 5.92. The monoisotopic (exact) mass is 334 g/mol. The molecule has 1 atom stereocenters. The van der Waals surface area contributed by atoms with Gasteiger partial charge in [0.05, 0.1) is 5.92 Å². The van der Waals surface area contributed by atoms with E-state index in [9.17, 15) is 20.4 Å². The quantitative estimate of drug-likeness (QED) is 0.649. The lowest BCUT2D eigenvalue weighted by Crippen LogP contribution is -2.14. The predicted octanol–water partition coefficient (Wildman–Crippen LogP) is 3.39. The molecule has 1 unspecified atom stereocenters. The zero-order valence-corrected chi connectivity index (χ0v) is 13.4. The fourth-order valence-electron chi connectivity index (χ4n) is 3.48. The number of hydrogen-bond donors (Lipinski definition) is 4. The summed E-state index contributed by atoms with van der Waals surface area (Å²) in [5.41, 5.74) is 5.86. The summed E-state index contributed by atoms with van der Waals surface area (Å²) in [7, 11) is 0. The Morgan fingerprint density at radius 3 is 2.40 bits per heavy atom. The Balaban J connectivity index is 1.64. The van der Waals surface area contributed by atoms with Gasteiger partial charge in [-0.15, -0.1) is 0 Å². The minimum absolute atomic E-state index is 0.0422. The third-order valence-corrected chi connectivity index (χ3v) is 4.73. The molecular weight excluding hydrogens is 316 g/mol. The molecule has 126 valence electrons. The van der Waals surface area contributed by atoms with Gasteiger partial charge in [0.1, 0.15) is 11.5 Å². The molecule has 0 heterocycles. The highest BCUT2D eigenvalue weighted by Gasteiger charge is 2.23. The third kappa shape index (κ3) is 2.86. The van der Waals surface area contributed by atoms with E-state index in [0.717, 1.165) is 39.8 Å². The number of aromatic hydroxyl groups is 2. The molecule has 0 bridgehead atoms. The predicted molar refractivity (Wildman–Crippen MR) is 96.8 cm³/mol. The Labute approximate surface area is 145 Å². The lowest BCUT2D eigenvalue weighted by Gasteiger charge is -2.13. The van der Waals surface area contributed by atoms with E-state index in [0.29, 0.717) is 0 Å². The lowest BCUT2D eigenvalue weighted by atomic mass is 9.96. The molecule has 4 rings (SSSR count). The van der Waals surface area contributed by atoms with Crippen molar-refractivity contribution in [2.24, 2.45) is 0 Å². The maximum absolute atomic E-state index is 9.66. The molecule has 0 radical (unpaired) electrons. The largest absolute Gasteiger partial charge is 0.508 e. The van der Waals surface area contributed by atoms with E-state index < -0.39 is 6.29 Å². The number of rotatable bonds is 3. The van der Waals surface area contributed by atoms with Crippen molar-refractivity contribution in [2.45, 2.75) is 18.6 Å². The van der Waals surface area contributed by atoms with Gasteiger partial charge in [-0.3, -0.25) is 0 Å². The van der Waals surface area contributed by atoms with Crippen molar-refractivity contribution in [3.63, 3.8) is 0 Å². The zero-order valence-electron chi connectivity index (χ0n) is 13.4. The second-order valence-corrected chi connectivity index (χ2v) is 6.41. The molecule has 0 aromatic heterocycles. The van der Waals surface area contributed by atoms with Crippen LogP contribution in [0.3, 0.4) is 0 Å². The van der Waals surface area contributed by atoms with Gasteiger partial charge in [0.15, 0.2) is 6.29 Å². The van der Waals surface area contributed by atoms with Crippen LogP contribution in [0.2, 0.25) is 0 Å². The van der Waals surface area contributed by atoms with Gasteiger partial charge in [-0.05, 0) is 58.0 Å². The van der Waals surface area contributed by atoms with Crippen molar-refractivity contribution in [1.29, 1.82) is 0 Å². The first kappa shape index (κ1) is 15.7. The molecule has 2 aromatic carbocycles. The van der Waals surface area contributed by atoms with Gasteiger partial charge < -0.3 is 20.4 Å². The molecule has 2 aliphatic rings. The maximum atomic E-state index is 9.66. The summed E-state index contributed by atoms with van der Waals surface area (Å²) in [5.74, 6) is -0.288. The molecule has 0 amide bonds. The number of aliphatic hydroxyl groups excluding tert-OH is 1. The van der Waals surface area contributed by atoms with Gasteiger partial charge >= 0.3 is 0 Å². The number of phenolic OH excluding ortho intramolecular Hbond substituents is 2. The Kier molecular flexibility index (Phi) is 3.71. The molecule has 2 aromatic rings. The fourth-order valence-corrected chi connectivity index (χ4v) is 3.48. The summed E-state index contributed by atoms with van der Waals surface area (Å²) < 4.78 is 0. The minimum Gasteiger partial charge on any atom is -0.508 e. The van der Waals surface area contributed by atoms with Crippen molar-refractivity contribution < 1.29 is 20.4 Å². The molecule has 25 heavy (non-hydrogen) atoms. The molecule has 2 aliphatic carbocycles. The number of allylic oxidation sites excluding steroid dienone is 4. The van der Waals surface area contributed by atoms with Gasteiger partial charge in [0.25, 0.3) is 0 Å². The molecule has 4 heteroatoms. The van der Waals surface area contributed by atoms with Crippen molar-refractivity contribution in [3.8, 4) is 11.5 Å². The first-order valence-corrected chi connectivity index (χ1v) is 8.14.